The summed E-state index contributed by atoms with van der Waals surface area (Å²) in [6.07, 6.45) is 4.60. The van der Waals surface area contributed by atoms with Crippen molar-refractivity contribution in [2.45, 2.75) is 6.54 Å². The minimum absolute atomic E-state index is 0.247. The predicted octanol–water partition coefficient (Wildman–Crippen LogP) is 2.45. The lowest BCUT2D eigenvalue weighted by Crippen LogP contribution is -2.13. The Kier molecular flexibility index (Phi) is 4.11. The first-order valence-electron chi connectivity index (χ1n) is 6.98. The third-order valence-electron chi connectivity index (χ3n) is 3.30. The molecule has 0 spiro atoms. The molecule has 0 aliphatic heterocycles. The number of nitrogens with zero attached hydrogens (tertiary/aromatic N) is 4. The molecule has 2 heterocycles. The van der Waals surface area contributed by atoms with Crippen LogP contribution in [-0.4, -0.2) is 20.4 Å². The average Bonchev–Trinajstić information content (AvgIpc) is 2.98. The Hall–Kier alpha value is -3.46. The molecule has 0 unspecified atom stereocenters. The molecule has 1 N–H and O–H groups in total. The summed E-state index contributed by atoms with van der Waals surface area (Å²) >= 11 is 0. The number of benzene rings is 1. The van der Waals surface area contributed by atoms with Crippen LogP contribution in [0.1, 0.15) is 21.6 Å². The van der Waals surface area contributed by atoms with Crippen LogP contribution in [0.25, 0.3) is 0 Å². The Morgan fingerprint density at radius 2 is 2.04 bits per heavy atom. The van der Waals surface area contributed by atoms with E-state index >= 15 is 0 Å². The number of pyridine rings is 1. The summed E-state index contributed by atoms with van der Waals surface area (Å²) < 4.78 is 1.70. The average molecular weight is 303 g/mol. The van der Waals surface area contributed by atoms with Crippen molar-refractivity contribution in [1.29, 1.82) is 5.26 Å². The molecule has 6 heteroatoms. The quantitative estimate of drug-likeness (QED) is 0.802. The third-order valence-corrected chi connectivity index (χ3v) is 3.30. The zero-order valence-corrected chi connectivity index (χ0v) is 12.2. The van der Waals surface area contributed by atoms with E-state index < -0.39 is 0 Å². The molecule has 112 valence electrons. The van der Waals surface area contributed by atoms with E-state index in [1.54, 1.807) is 29.2 Å². The number of anilines is 1. The van der Waals surface area contributed by atoms with Gasteiger partial charge >= 0.3 is 0 Å². The van der Waals surface area contributed by atoms with Crippen molar-refractivity contribution in [3.63, 3.8) is 0 Å². The van der Waals surface area contributed by atoms with Crippen molar-refractivity contribution in [3.8, 4) is 6.07 Å². The molecule has 0 atom stereocenters. The lowest BCUT2D eigenvalue weighted by Gasteiger charge is -2.05. The van der Waals surface area contributed by atoms with Crippen molar-refractivity contribution >= 4 is 11.7 Å². The maximum absolute atomic E-state index is 12.1. The van der Waals surface area contributed by atoms with Crippen LogP contribution in [0.2, 0.25) is 0 Å². The van der Waals surface area contributed by atoms with Gasteiger partial charge in [-0.1, -0.05) is 30.3 Å². The van der Waals surface area contributed by atoms with Crippen LogP contribution >= 0.6 is 0 Å². The standard InChI is InChI=1S/C17H13N5O/c18-9-15-16(21-17(23)14-7-4-8-19-10-14)20-12-22(15)11-13-5-2-1-3-6-13/h1-8,10,12H,11H2,(H,21,23). The normalized spacial score (nSPS) is 10.0. The molecule has 2 aromatic heterocycles. The number of hydrogen-bond acceptors (Lipinski definition) is 4. The molecule has 1 amide bonds. The highest BCUT2D eigenvalue weighted by molar-refractivity contribution is 6.03. The van der Waals surface area contributed by atoms with Crippen LogP contribution < -0.4 is 5.32 Å². The van der Waals surface area contributed by atoms with Crippen molar-refractivity contribution in [2.24, 2.45) is 0 Å². The second kappa shape index (κ2) is 6.54. The van der Waals surface area contributed by atoms with Crippen LogP contribution in [-0.2, 0) is 6.54 Å². The molecule has 0 bridgehead atoms. The number of nitrogens with one attached hydrogen (secondary N) is 1. The van der Waals surface area contributed by atoms with Crippen molar-refractivity contribution < 1.29 is 4.79 Å². The van der Waals surface area contributed by atoms with Gasteiger partial charge in [0, 0.05) is 18.9 Å². The molecule has 3 aromatic rings. The molecule has 1 aromatic carbocycles. The number of rotatable bonds is 4. The number of nitriles is 1. The van der Waals surface area contributed by atoms with Crippen molar-refractivity contribution in [1.82, 2.24) is 14.5 Å². The number of amides is 1. The Bertz CT molecular complexity index is 850. The van der Waals surface area contributed by atoms with Crippen LogP contribution in [0.3, 0.4) is 0 Å². The highest BCUT2D eigenvalue weighted by Crippen LogP contribution is 2.15. The molecule has 0 aliphatic carbocycles. The van der Waals surface area contributed by atoms with Gasteiger partial charge in [0.25, 0.3) is 5.91 Å². The van der Waals surface area contributed by atoms with Crippen molar-refractivity contribution in [3.05, 3.63) is 78.0 Å². The first-order valence-corrected chi connectivity index (χ1v) is 6.98. The Balaban J connectivity index is 1.82. The van der Waals surface area contributed by atoms with Crippen molar-refractivity contribution in [2.75, 3.05) is 5.32 Å². The van der Waals surface area contributed by atoms with E-state index in [9.17, 15) is 10.1 Å². The van der Waals surface area contributed by atoms with Crippen LogP contribution in [0.4, 0.5) is 5.82 Å². The summed E-state index contributed by atoms with van der Waals surface area (Å²) in [4.78, 5) is 20.2. The third kappa shape index (κ3) is 3.24. The maximum atomic E-state index is 12.1. The molecule has 3 rings (SSSR count). The van der Waals surface area contributed by atoms with Gasteiger partial charge in [-0.15, -0.1) is 0 Å². The lowest BCUT2D eigenvalue weighted by molar-refractivity contribution is 0.102. The van der Waals surface area contributed by atoms with E-state index in [-0.39, 0.29) is 11.7 Å². The van der Waals surface area contributed by atoms with Gasteiger partial charge in [0.05, 0.1) is 11.9 Å². The molecule has 0 radical (unpaired) electrons. The summed E-state index contributed by atoms with van der Waals surface area (Å²) in [5.41, 5.74) is 1.77. The van der Waals surface area contributed by atoms with Gasteiger partial charge in [-0.05, 0) is 17.7 Å². The summed E-state index contributed by atoms with van der Waals surface area (Å²) in [7, 11) is 0. The second-order valence-corrected chi connectivity index (χ2v) is 4.86. The summed E-state index contributed by atoms with van der Waals surface area (Å²) in [6.45, 7) is 0.513. The fraction of sp³-hybridized carbons (Fsp3) is 0.0588. The smallest absolute Gasteiger partial charge is 0.258 e. The van der Waals surface area contributed by atoms with E-state index in [1.165, 1.54) is 6.20 Å². The van der Waals surface area contributed by atoms with Gasteiger partial charge in [0.1, 0.15) is 6.07 Å². The summed E-state index contributed by atoms with van der Waals surface area (Å²) in [5, 5.41) is 12.0. The van der Waals surface area contributed by atoms with E-state index in [0.29, 0.717) is 17.8 Å². The lowest BCUT2D eigenvalue weighted by atomic mass is 10.2. The van der Waals surface area contributed by atoms with Crippen LogP contribution in [0, 0.1) is 11.3 Å². The number of imidazole rings is 1. The van der Waals surface area contributed by atoms with E-state index in [4.69, 9.17) is 0 Å². The first-order chi connectivity index (χ1) is 11.3. The number of aromatic nitrogens is 3. The molecule has 0 saturated heterocycles. The Labute approximate surface area is 133 Å². The van der Waals surface area contributed by atoms with Gasteiger partial charge in [-0.3, -0.25) is 9.78 Å². The molecule has 0 fully saturated rings. The highest BCUT2D eigenvalue weighted by Gasteiger charge is 2.14. The number of hydrogen-bond donors (Lipinski definition) is 1. The van der Waals surface area contributed by atoms with E-state index in [1.807, 2.05) is 30.3 Å². The predicted molar refractivity (Wildman–Crippen MR) is 84.7 cm³/mol. The number of carbonyl (C=O) groups excluding carboxylic acids is 1. The largest absolute Gasteiger partial charge is 0.316 e. The van der Waals surface area contributed by atoms with Crippen LogP contribution in [0.5, 0.6) is 0 Å². The summed E-state index contributed by atoms with van der Waals surface area (Å²) in [6, 6.07) is 15.1. The maximum Gasteiger partial charge on any atom is 0.258 e. The second-order valence-electron chi connectivity index (χ2n) is 4.86. The Morgan fingerprint density at radius 1 is 1.22 bits per heavy atom. The van der Waals surface area contributed by atoms with Gasteiger partial charge in [-0.25, -0.2) is 4.98 Å². The SMILES string of the molecule is N#Cc1c(NC(=O)c2cccnc2)ncn1Cc1ccccc1. The monoisotopic (exact) mass is 303 g/mol. The van der Waals surface area contributed by atoms with Crippen LogP contribution in [0.15, 0.2) is 61.2 Å². The molecule has 0 saturated carbocycles. The molecule has 23 heavy (non-hydrogen) atoms. The minimum atomic E-state index is -0.348. The van der Waals surface area contributed by atoms with E-state index in [2.05, 4.69) is 21.4 Å². The van der Waals surface area contributed by atoms with Gasteiger partial charge in [0.2, 0.25) is 0 Å². The van der Waals surface area contributed by atoms with E-state index in [0.717, 1.165) is 5.56 Å². The fourth-order valence-electron chi connectivity index (χ4n) is 2.17. The zero-order valence-electron chi connectivity index (χ0n) is 12.2. The zero-order chi connectivity index (χ0) is 16.1. The van der Waals surface area contributed by atoms with Gasteiger partial charge in [-0.2, -0.15) is 5.26 Å². The van der Waals surface area contributed by atoms with Gasteiger partial charge in [0.15, 0.2) is 11.5 Å². The number of carbonyl (C=O) groups is 1. The summed E-state index contributed by atoms with van der Waals surface area (Å²) in [5.74, 6) is -0.100. The fourth-order valence-corrected chi connectivity index (χ4v) is 2.17. The molecule has 0 aliphatic rings. The first kappa shape index (κ1) is 14.5. The highest BCUT2D eigenvalue weighted by atomic mass is 16.1. The van der Waals surface area contributed by atoms with Gasteiger partial charge < -0.3 is 9.88 Å². The molecular formula is C17H13N5O. The molecular weight excluding hydrogens is 290 g/mol. The topological polar surface area (TPSA) is 83.6 Å². The Morgan fingerprint density at radius 3 is 2.74 bits per heavy atom. The molecule has 6 nitrogen and oxygen atoms in total. The minimum Gasteiger partial charge on any atom is -0.316 e.